The van der Waals surface area contributed by atoms with Gasteiger partial charge in [0.1, 0.15) is 0 Å². The Kier molecular flexibility index (Phi) is 4.03. The standard InChI is InChI=1S/C17H21N/c1-13-8-9-17(12-15(13)3)18-11-10-16-7-5-4-6-14(16)2/h4-9,12,18H,10-11H2,1-3H3. The van der Waals surface area contributed by atoms with E-state index >= 15 is 0 Å². The molecule has 0 bridgehead atoms. The zero-order valence-corrected chi connectivity index (χ0v) is 11.5. The van der Waals surface area contributed by atoms with Crippen molar-refractivity contribution >= 4 is 5.69 Å². The van der Waals surface area contributed by atoms with E-state index in [0.717, 1.165) is 13.0 Å². The van der Waals surface area contributed by atoms with Gasteiger partial charge >= 0.3 is 0 Å². The molecule has 18 heavy (non-hydrogen) atoms. The normalized spacial score (nSPS) is 10.4. The van der Waals surface area contributed by atoms with Crippen LogP contribution in [0.2, 0.25) is 0 Å². The summed E-state index contributed by atoms with van der Waals surface area (Å²) in [6.45, 7) is 7.45. The monoisotopic (exact) mass is 239 g/mol. The van der Waals surface area contributed by atoms with Crippen LogP contribution in [0.15, 0.2) is 42.5 Å². The van der Waals surface area contributed by atoms with Crippen molar-refractivity contribution in [3.63, 3.8) is 0 Å². The molecule has 0 heterocycles. The molecule has 0 spiro atoms. The highest BCUT2D eigenvalue weighted by Gasteiger charge is 1.98. The summed E-state index contributed by atoms with van der Waals surface area (Å²) in [6.07, 6.45) is 1.07. The van der Waals surface area contributed by atoms with Gasteiger partial charge in [-0.25, -0.2) is 0 Å². The molecule has 0 atom stereocenters. The first-order chi connectivity index (χ1) is 8.66. The Morgan fingerprint density at radius 1 is 0.833 bits per heavy atom. The fourth-order valence-electron chi connectivity index (χ4n) is 2.08. The van der Waals surface area contributed by atoms with Crippen LogP contribution in [0.5, 0.6) is 0 Å². The molecule has 1 nitrogen and oxygen atoms in total. The largest absolute Gasteiger partial charge is 0.385 e. The number of rotatable bonds is 4. The first kappa shape index (κ1) is 12.7. The minimum Gasteiger partial charge on any atom is -0.385 e. The number of aryl methyl sites for hydroxylation is 3. The summed E-state index contributed by atoms with van der Waals surface area (Å²) in [5.41, 5.74) is 6.70. The zero-order chi connectivity index (χ0) is 13.0. The van der Waals surface area contributed by atoms with Gasteiger partial charge in [-0.15, -0.1) is 0 Å². The summed E-state index contributed by atoms with van der Waals surface area (Å²) in [5, 5.41) is 3.49. The number of nitrogens with one attached hydrogen (secondary N) is 1. The SMILES string of the molecule is Cc1ccc(NCCc2ccccc2C)cc1C. The van der Waals surface area contributed by atoms with Crippen LogP contribution >= 0.6 is 0 Å². The number of benzene rings is 2. The molecule has 0 aliphatic carbocycles. The summed E-state index contributed by atoms with van der Waals surface area (Å²) < 4.78 is 0. The molecule has 0 aromatic heterocycles. The van der Waals surface area contributed by atoms with Crippen molar-refractivity contribution < 1.29 is 0 Å². The van der Waals surface area contributed by atoms with Gasteiger partial charge < -0.3 is 5.32 Å². The van der Waals surface area contributed by atoms with Crippen molar-refractivity contribution in [1.29, 1.82) is 0 Å². The Hall–Kier alpha value is -1.76. The minimum atomic E-state index is 0.980. The van der Waals surface area contributed by atoms with E-state index in [1.165, 1.54) is 27.9 Å². The molecule has 0 amide bonds. The third-order valence-electron chi connectivity index (χ3n) is 3.49. The third kappa shape index (κ3) is 3.13. The first-order valence-corrected chi connectivity index (χ1v) is 6.52. The highest BCUT2D eigenvalue weighted by atomic mass is 14.9. The molecule has 0 aliphatic rings. The maximum atomic E-state index is 3.49. The highest BCUT2D eigenvalue weighted by molar-refractivity contribution is 5.48. The summed E-state index contributed by atoms with van der Waals surface area (Å²) in [4.78, 5) is 0. The van der Waals surface area contributed by atoms with Gasteiger partial charge in [-0.1, -0.05) is 30.3 Å². The molecule has 0 saturated heterocycles. The van der Waals surface area contributed by atoms with Gasteiger partial charge in [-0.05, 0) is 61.6 Å². The van der Waals surface area contributed by atoms with Gasteiger partial charge in [0.05, 0.1) is 0 Å². The van der Waals surface area contributed by atoms with Crippen molar-refractivity contribution in [3.05, 3.63) is 64.7 Å². The van der Waals surface area contributed by atoms with Crippen LogP contribution < -0.4 is 5.32 Å². The molecule has 1 N–H and O–H groups in total. The fraction of sp³-hybridized carbons (Fsp3) is 0.294. The number of anilines is 1. The van der Waals surface area contributed by atoms with Crippen molar-refractivity contribution in [2.75, 3.05) is 11.9 Å². The zero-order valence-electron chi connectivity index (χ0n) is 11.5. The third-order valence-corrected chi connectivity index (χ3v) is 3.49. The molecule has 2 rings (SSSR count). The van der Waals surface area contributed by atoms with Crippen LogP contribution in [-0.2, 0) is 6.42 Å². The van der Waals surface area contributed by atoms with Crippen LogP contribution in [0.25, 0.3) is 0 Å². The second-order valence-electron chi connectivity index (χ2n) is 4.90. The molecule has 0 fully saturated rings. The van der Waals surface area contributed by atoms with Crippen molar-refractivity contribution in [3.8, 4) is 0 Å². The molecule has 0 saturated carbocycles. The lowest BCUT2D eigenvalue weighted by Gasteiger charge is -2.10. The van der Waals surface area contributed by atoms with Crippen LogP contribution in [0, 0.1) is 20.8 Å². The van der Waals surface area contributed by atoms with E-state index in [2.05, 4.69) is 68.6 Å². The van der Waals surface area contributed by atoms with Gasteiger partial charge in [0.2, 0.25) is 0 Å². The molecule has 0 unspecified atom stereocenters. The first-order valence-electron chi connectivity index (χ1n) is 6.52. The van der Waals surface area contributed by atoms with E-state index in [9.17, 15) is 0 Å². The molecule has 0 radical (unpaired) electrons. The average molecular weight is 239 g/mol. The Morgan fingerprint density at radius 3 is 2.33 bits per heavy atom. The second kappa shape index (κ2) is 5.72. The van der Waals surface area contributed by atoms with Gasteiger partial charge in [-0.3, -0.25) is 0 Å². The van der Waals surface area contributed by atoms with Crippen LogP contribution in [0.1, 0.15) is 22.3 Å². The lowest BCUT2D eigenvalue weighted by Crippen LogP contribution is -2.06. The highest BCUT2D eigenvalue weighted by Crippen LogP contribution is 2.14. The predicted molar refractivity (Wildman–Crippen MR) is 79.3 cm³/mol. The second-order valence-corrected chi connectivity index (χ2v) is 4.90. The maximum Gasteiger partial charge on any atom is 0.0343 e. The number of hydrogen-bond acceptors (Lipinski definition) is 1. The molecule has 0 aliphatic heterocycles. The lowest BCUT2D eigenvalue weighted by atomic mass is 10.1. The fourth-order valence-corrected chi connectivity index (χ4v) is 2.08. The summed E-state index contributed by atoms with van der Waals surface area (Å²) in [6, 6.07) is 15.1. The summed E-state index contributed by atoms with van der Waals surface area (Å²) >= 11 is 0. The minimum absolute atomic E-state index is 0.980. The van der Waals surface area contributed by atoms with E-state index < -0.39 is 0 Å². The molecular weight excluding hydrogens is 218 g/mol. The maximum absolute atomic E-state index is 3.49. The lowest BCUT2D eigenvalue weighted by molar-refractivity contribution is 1.00. The quantitative estimate of drug-likeness (QED) is 0.840. The summed E-state index contributed by atoms with van der Waals surface area (Å²) in [5.74, 6) is 0. The smallest absolute Gasteiger partial charge is 0.0343 e. The van der Waals surface area contributed by atoms with E-state index in [1.54, 1.807) is 0 Å². The van der Waals surface area contributed by atoms with E-state index in [0.29, 0.717) is 0 Å². The van der Waals surface area contributed by atoms with Crippen molar-refractivity contribution in [2.45, 2.75) is 27.2 Å². The van der Waals surface area contributed by atoms with E-state index in [1.807, 2.05) is 0 Å². The van der Waals surface area contributed by atoms with Crippen molar-refractivity contribution in [2.24, 2.45) is 0 Å². The van der Waals surface area contributed by atoms with Gasteiger partial charge in [-0.2, -0.15) is 0 Å². The Bertz CT molecular complexity index is 529. The molecule has 94 valence electrons. The van der Waals surface area contributed by atoms with Crippen LogP contribution in [-0.4, -0.2) is 6.54 Å². The van der Waals surface area contributed by atoms with Crippen LogP contribution in [0.3, 0.4) is 0 Å². The predicted octanol–water partition coefficient (Wildman–Crippen LogP) is 4.27. The van der Waals surface area contributed by atoms with Crippen LogP contribution in [0.4, 0.5) is 5.69 Å². The van der Waals surface area contributed by atoms with E-state index in [4.69, 9.17) is 0 Å². The summed E-state index contributed by atoms with van der Waals surface area (Å²) in [7, 11) is 0. The Labute approximate surface area is 110 Å². The van der Waals surface area contributed by atoms with Gasteiger partial charge in [0.25, 0.3) is 0 Å². The van der Waals surface area contributed by atoms with Gasteiger partial charge in [0.15, 0.2) is 0 Å². The molecule has 1 heteroatoms. The molecule has 2 aromatic rings. The van der Waals surface area contributed by atoms with Gasteiger partial charge in [0, 0.05) is 12.2 Å². The topological polar surface area (TPSA) is 12.0 Å². The Balaban J connectivity index is 1.92. The van der Waals surface area contributed by atoms with E-state index in [-0.39, 0.29) is 0 Å². The Morgan fingerprint density at radius 2 is 1.61 bits per heavy atom. The molecule has 2 aromatic carbocycles. The number of hydrogen-bond donors (Lipinski definition) is 1. The van der Waals surface area contributed by atoms with Crippen molar-refractivity contribution in [1.82, 2.24) is 0 Å². The molecular formula is C17H21N. The average Bonchev–Trinajstić information content (AvgIpc) is 2.36.